The standard InChI is InChI=1S/C33H27BO3/c1-31(2)32(3,4)37-34(36-31)20-17-18-22-21-11-5-8-14-25(21)33(27(22)19-20)26-15-9-6-12-23(26)29-24-13-7-10-16-28(24)35-30(29)33/h5-19H,1-4H3. The van der Waals surface area contributed by atoms with Crippen molar-refractivity contribution in [1.82, 2.24) is 0 Å². The Kier molecular flexibility index (Phi) is 3.97. The molecule has 180 valence electrons. The largest absolute Gasteiger partial charge is 0.494 e. The fraction of sp³-hybridized carbons (Fsp3) is 0.212. The summed E-state index contributed by atoms with van der Waals surface area (Å²) in [6.45, 7) is 8.41. The Morgan fingerprint density at radius 2 is 1.19 bits per heavy atom. The van der Waals surface area contributed by atoms with Gasteiger partial charge in [0.25, 0.3) is 0 Å². The van der Waals surface area contributed by atoms with Gasteiger partial charge in [0, 0.05) is 10.9 Å². The Labute approximate surface area is 217 Å². The SMILES string of the molecule is CC1(C)OB(c2ccc3c(c2)C2(c4ccccc4-3)c3ccccc3-c3c2oc2ccccc32)OC1(C)C. The van der Waals surface area contributed by atoms with Gasteiger partial charge in [0.1, 0.15) is 16.8 Å². The van der Waals surface area contributed by atoms with Gasteiger partial charge in [0.2, 0.25) is 0 Å². The molecule has 2 aliphatic carbocycles. The summed E-state index contributed by atoms with van der Waals surface area (Å²) in [5, 5.41) is 1.16. The lowest BCUT2D eigenvalue weighted by molar-refractivity contribution is 0.00578. The van der Waals surface area contributed by atoms with Crippen molar-refractivity contribution >= 4 is 23.6 Å². The number of furan rings is 1. The first kappa shape index (κ1) is 21.5. The lowest BCUT2D eigenvalue weighted by Gasteiger charge is -2.32. The van der Waals surface area contributed by atoms with Gasteiger partial charge in [-0.1, -0.05) is 84.9 Å². The summed E-state index contributed by atoms with van der Waals surface area (Å²) in [5.41, 5.74) is 9.32. The molecule has 3 nitrogen and oxygen atoms in total. The van der Waals surface area contributed by atoms with Gasteiger partial charge in [0.05, 0.1) is 11.2 Å². The summed E-state index contributed by atoms with van der Waals surface area (Å²) >= 11 is 0. The second-order valence-electron chi connectivity index (χ2n) is 11.5. The Morgan fingerprint density at radius 3 is 1.95 bits per heavy atom. The third kappa shape index (κ3) is 2.50. The Balaban J connectivity index is 1.46. The van der Waals surface area contributed by atoms with Gasteiger partial charge < -0.3 is 13.7 Å². The average molecular weight is 482 g/mol. The summed E-state index contributed by atoms with van der Waals surface area (Å²) in [4.78, 5) is 0. The van der Waals surface area contributed by atoms with Gasteiger partial charge in [0.15, 0.2) is 0 Å². The van der Waals surface area contributed by atoms with Gasteiger partial charge in [-0.25, -0.2) is 0 Å². The molecule has 5 aromatic rings. The smallest absolute Gasteiger partial charge is 0.459 e. The zero-order valence-electron chi connectivity index (χ0n) is 21.5. The molecule has 3 aliphatic rings. The van der Waals surface area contributed by atoms with E-state index in [9.17, 15) is 0 Å². The van der Waals surface area contributed by atoms with Crippen LogP contribution in [0.1, 0.15) is 50.1 Å². The van der Waals surface area contributed by atoms with Crippen LogP contribution in [0.5, 0.6) is 0 Å². The molecule has 0 radical (unpaired) electrons. The van der Waals surface area contributed by atoms with Crippen LogP contribution in [-0.4, -0.2) is 18.3 Å². The maximum atomic E-state index is 6.81. The summed E-state index contributed by atoms with van der Waals surface area (Å²) in [6, 6.07) is 32.7. The second-order valence-corrected chi connectivity index (χ2v) is 11.5. The highest BCUT2D eigenvalue weighted by Crippen LogP contribution is 2.64. The van der Waals surface area contributed by atoms with E-state index in [1.165, 1.54) is 38.9 Å². The molecular weight excluding hydrogens is 455 g/mol. The summed E-state index contributed by atoms with van der Waals surface area (Å²) < 4.78 is 19.8. The van der Waals surface area contributed by atoms with E-state index in [2.05, 4.69) is 113 Å². The highest BCUT2D eigenvalue weighted by molar-refractivity contribution is 6.62. The Hall–Kier alpha value is -3.60. The van der Waals surface area contributed by atoms with E-state index in [4.69, 9.17) is 13.7 Å². The normalized spacial score (nSPS) is 21.8. The molecule has 1 saturated heterocycles. The van der Waals surface area contributed by atoms with Gasteiger partial charge in [-0.15, -0.1) is 0 Å². The predicted octanol–water partition coefficient (Wildman–Crippen LogP) is 7.08. The highest BCUT2D eigenvalue weighted by Gasteiger charge is 2.56. The summed E-state index contributed by atoms with van der Waals surface area (Å²) in [5.74, 6) is 1.01. The van der Waals surface area contributed by atoms with Crippen LogP contribution in [-0.2, 0) is 14.7 Å². The fourth-order valence-corrected chi connectivity index (χ4v) is 6.68. The minimum atomic E-state index is -0.531. The zero-order chi connectivity index (χ0) is 25.2. The van der Waals surface area contributed by atoms with Crippen LogP contribution < -0.4 is 5.46 Å². The molecular formula is C33H27BO3. The molecule has 0 bridgehead atoms. The van der Waals surface area contributed by atoms with E-state index in [0.717, 1.165) is 22.2 Å². The molecule has 4 aromatic carbocycles. The minimum absolute atomic E-state index is 0.400. The number of para-hydroxylation sites is 1. The fourth-order valence-electron chi connectivity index (χ4n) is 6.68. The van der Waals surface area contributed by atoms with Crippen molar-refractivity contribution in [3.05, 3.63) is 113 Å². The maximum Gasteiger partial charge on any atom is 0.494 e. The molecule has 1 unspecified atom stereocenters. The van der Waals surface area contributed by atoms with Gasteiger partial charge >= 0.3 is 7.12 Å². The Morgan fingerprint density at radius 1 is 0.595 bits per heavy atom. The van der Waals surface area contributed by atoms with Crippen molar-refractivity contribution in [2.24, 2.45) is 0 Å². The first-order valence-corrected chi connectivity index (χ1v) is 13.0. The lowest BCUT2D eigenvalue weighted by Crippen LogP contribution is -2.41. The molecule has 1 aromatic heterocycles. The molecule has 1 fully saturated rings. The molecule has 4 heteroatoms. The third-order valence-electron chi connectivity index (χ3n) is 9.13. The van der Waals surface area contributed by atoms with Crippen molar-refractivity contribution < 1.29 is 13.7 Å². The molecule has 2 heterocycles. The average Bonchev–Trinajstić information content (AvgIpc) is 3.56. The van der Waals surface area contributed by atoms with Crippen molar-refractivity contribution in [3.8, 4) is 22.3 Å². The van der Waals surface area contributed by atoms with Crippen molar-refractivity contribution in [2.45, 2.75) is 44.3 Å². The van der Waals surface area contributed by atoms with Crippen LogP contribution in [0.2, 0.25) is 0 Å². The van der Waals surface area contributed by atoms with E-state index in [0.29, 0.717) is 0 Å². The first-order chi connectivity index (χ1) is 17.8. The van der Waals surface area contributed by atoms with E-state index < -0.39 is 23.7 Å². The van der Waals surface area contributed by atoms with Gasteiger partial charge in [-0.2, -0.15) is 0 Å². The molecule has 0 N–H and O–H groups in total. The van der Waals surface area contributed by atoms with Crippen molar-refractivity contribution in [3.63, 3.8) is 0 Å². The summed E-state index contributed by atoms with van der Waals surface area (Å²) in [6.07, 6.45) is 0. The molecule has 1 atom stereocenters. The van der Waals surface area contributed by atoms with Crippen LogP contribution in [0, 0.1) is 0 Å². The van der Waals surface area contributed by atoms with E-state index in [-0.39, 0.29) is 0 Å². The van der Waals surface area contributed by atoms with E-state index in [1.807, 2.05) is 6.07 Å². The molecule has 1 aliphatic heterocycles. The van der Waals surface area contributed by atoms with Crippen molar-refractivity contribution in [2.75, 3.05) is 0 Å². The minimum Gasteiger partial charge on any atom is -0.459 e. The zero-order valence-corrected chi connectivity index (χ0v) is 21.5. The van der Waals surface area contributed by atoms with Crippen LogP contribution in [0.25, 0.3) is 33.2 Å². The first-order valence-electron chi connectivity index (χ1n) is 13.0. The van der Waals surface area contributed by atoms with Crippen LogP contribution in [0.4, 0.5) is 0 Å². The third-order valence-corrected chi connectivity index (χ3v) is 9.13. The van der Waals surface area contributed by atoms with Crippen LogP contribution >= 0.6 is 0 Å². The predicted molar refractivity (Wildman–Crippen MR) is 148 cm³/mol. The molecule has 8 rings (SSSR count). The monoisotopic (exact) mass is 482 g/mol. The number of benzene rings is 4. The maximum absolute atomic E-state index is 6.81. The number of hydrogen-bond acceptors (Lipinski definition) is 3. The van der Waals surface area contributed by atoms with E-state index in [1.54, 1.807) is 0 Å². The van der Waals surface area contributed by atoms with E-state index >= 15 is 0 Å². The number of fused-ring (bicyclic) bond motifs is 12. The molecule has 1 spiro atoms. The summed E-state index contributed by atoms with van der Waals surface area (Å²) in [7, 11) is -0.428. The topological polar surface area (TPSA) is 31.6 Å². The van der Waals surface area contributed by atoms with Crippen LogP contribution in [0.3, 0.4) is 0 Å². The molecule has 0 saturated carbocycles. The second kappa shape index (κ2) is 6.83. The Bertz CT molecular complexity index is 1750. The molecule has 0 amide bonds. The lowest BCUT2D eigenvalue weighted by atomic mass is 9.70. The van der Waals surface area contributed by atoms with Crippen molar-refractivity contribution in [1.29, 1.82) is 0 Å². The number of rotatable bonds is 1. The van der Waals surface area contributed by atoms with Gasteiger partial charge in [-0.3, -0.25) is 0 Å². The van der Waals surface area contributed by atoms with Crippen LogP contribution in [0.15, 0.2) is 95.4 Å². The quantitative estimate of drug-likeness (QED) is 0.235. The highest BCUT2D eigenvalue weighted by atomic mass is 16.7. The van der Waals surface area contributed by atoms with Gasteiger partial charge in [-0.05, 0) is 72.6 Å². The number of hydrogen-bond donors (Lipinski definition) is 0. The molecule has 37 heavy (non-hydrogen) atoms.